The summed E-state index contributed by atoms with van der Waals surface area (Å²) >= 11 is 0. The number of likely N-dealkylation sites (N-methyl/N-ethyl adjacent to an activating group) is 1. The normalized spacial score (nSPS) is 14.1. The second-order valence-corrected chi connectivity index (χ2v) is 8.48. The van der Waals surface area contributed by atoms with E-state index >= 15 is 0 Å². The van der Waals surface area contributed by atoms with Crippen LogP contribution in [0.15, 0.2) is 47.0 Å². The van der Waals surface area contributed by atoms with E-state index in [1.807, 2.05) is 37.3 Å². The smallest absolute Gasteiger partial charge is 0.459 e. The van der Waals surface area contributed by atoms with Gasteiger partial charge in [-0.3, -0.25) is 14.5 Å². The van der Waals surface area contributed by atoms with Gasteiger partial charge in [0, 0.05) is 41.3 Å². The Balaban J connectivity index is 1.45. The van der Waals surface area contributed by atoms with Crippen molar-refractivity contribution in [2.45, 2.75) is 26.3 Å². The average Bonchev–Trinajstić information content (AvgIpc) is 3.11. The lowest BCUT2D eigenvalue weighted by Gasteiger charge is -2.26. The van der Waals surface area contributed by atoms with Gasteiger partial charge >= 0.3 is 8.25 Å². The number of aryl methyl sites for hydroxylation is 2. The molecule has 0 saturated heterocycles. The number of amides is 2. The third-order valence-electron chi connectivity index (χ3n) is 5.54. The Hall–Kier alpha value is -3.39. The summed E-state index contributed by atoms with van der Waals surface area (Å²) in [5, 5.41) is 1.04. The van der Waals surface area contributed by atoms with Gasteiger partial charge in [0.05, 0.1) is 6.54 Å². The Morgan fingerprint density at radius 2 is 2.15 bits per heavy atom. The van der Waals surface area contributed by atoms with Gasteiger partial charge in [0.25, 0.3) is 0 Å². The molecule has 1 atom stereocenters. The van der Waals surface area contributed by atoms with Gasteiger partial charge in [0.15, 0.2) is 6.73 Å². The fourth-order valence-corrected chi connectivity index (χ4v) is 3.95. The number of pyridine rings is 1. The summed E-state index contributed by atoms with van der Waals surface area (Å²) in [5.74, 6) is 0.717. The molecular weight excluding hydrogens is 445 g/mol. The molecule has 4 rings (SSSR count). The van der Waals surface area contributed by atoms with Gasteiger partial charge in [0.1, 0.15) is 17.2 Å². The van der Waals surface area contributed by atoms with Gasteiger partial charge in [-0.1, -0.05) is 22.7 Å². The number of nitrogens with zero attached hydrogens (tertiary/aromatic N) is 3. The van der Waals surface area contributed by atoms with E-state index in [4.69, 9.17) is 9.31 Å². The molecule has 0 saturated carbocycles. The minimum atomic E-state index is -2.82. The van der Waals surface area contributed by atoms with Crippen LogP contribution in [-0.2, 0) is 31.6 Å². The first-order chi connectivity index (χ1) is 15.8. The van der Waals surface area contributed by atoms with Crippen molar-refractivity contribution in [3.05, 3.63) is 65.1 Å². The molecule has 3 aromatic rings. The summed E-state index contributed by atoms with van der Waals surface area (Å²) < 4.78 is 21.4. The van der Waals surface area contributed by atoms with Gasteiger partial charge in [-0.05, 0) is 42.7 Å². The number of hydrogen-bond donors (Lipinski definition) is 1. The lowest BCUT2D eigenvalue weighted by Crippen LogP contribution is -2.37. The van der Waals surface area contributed by atoms with Crippen LogP contribution in [0.4, 0.5) is 5.82 Å². The van der Waals surface area contributed by atoms with Crippen molar-refractivity contribution < 1.29 is 28.0 Å². The molecule has 0 bridgehead atoms. The quantitative estimate of drug-likeness (QED) is 0.415. The average molecular weight is 468 g/mol. The van der Waals surface area contributed by atoms with Crippen LogP contribution in [0.3, 0.4) is 0 Å². The van der Waals surface area contributed by atoms with Crippen molar-refractivity contribution in [3.63, 3.8) is 0 Å². The molecule has 170 valence electrons. The zero-order chi connectivity index (χ0) is 23.5. The molecule has 0 aliphatic carbocycles. The monoisotopic (exact) mass is 468 g/mol. The van der Waals surface area contributed by atoms with E-state index in [2.05, 4.69) is 9.51 Å². The van der Waals surface area contributed by atoms with E-state index in [1.165, 1.54) is 17.2 Å². The number of carbonyl (C=O) groups is 2. The Labute approximate surface area is 191 Å². The van der Waals surface area contributed by atoms with Crippen LogP contribution in [-0.4, -0.2) is 40.4 Å². The third-order valence-corrected chi connectivity index (χ3v) is 5.88. The van der Waals surface area contributed by atoms with Gasteiger partial charge in [0.2, 0.25) is 11.8 Å². The highest BCUT2D eigenvalue weighted by Crippen LogP contribution is 2.29. The first-order valence-electron chi connectivity index (χ1n) is 10.3. The van der Waals surface area contributed by atoms with E-state index < -0.39 is 8.25 Å². The maximum atomic E-state index is 12.6. The van der Waals surface area contributed by atoms with Crippen LogP contribution >= 0.6 is 8.25 Å². The zero-order valence-electron chi connectivity index (χ0n) is 18.2. The number of carbonyl (C=O) groups excluding carboxylic acids is 2. The fourth-order valence-electron chi connectivity index (χ4n) is 3.74. The molecule has 0 radical (unpaired) electrons. The Bertz CT molecular complexity index is 1270. The Morgan fingerprint density at radius 3 is 2.91 bits per heavy atom. The highest BCUT2D eigenvalue weighted by atomic mass is 31.1. The van der Waals surface area contributed by atoms with E-state index in [1.54, 1.807) is 18.0 Å². The number of furan rings is 1. The second-order valence-electron chi connectivity index (χ2n) is 7.74. The summed E-state index contributed by atoms with van der Waals surface area (Å²) in [5.41, 5.74) is 3.32. The molecule has 1 N–H and O–H groups in total. The van der Waals surface area contributed by atoms with Gasteiger partial charge < -0.3 is 9.32 Å². The lowest BCUT2D eigenvalue weighted by molar-refractivity contribution is -0.125. The lowest BCUT2D eigenvalue weighted by atomic mass is 10.0. The van der Waals surface area contributed by atoms with Crippen molar-refractivity contribution in [1.82, 2.24) is 9.88 Å². The molecular formula is C23H23N3O6P+. The molecule has 1 unspecified atom stereocenters. The topological polar surface area (TPSA) is 113 Å². The molecule has 9 nitrogen and oxygen atoms in total. The number of anilines is 1. The van der Waals surface area contributed by atoms with Crippen molar-refractivity contribution in [1.29, 1.82) is 0 Å². The predicted octanol–water partition coefficient (Wildman–Crippen LogP) is 3.71. The first kappa shape index (κ1) is 22.8. The zero-order valence-corrected chi connectivity index (χ0v) is 19.1. The molecule has 10 heteroatoms. The van der Waals surface area contributed by atoms with Crippen LogP contribution in [0.25, 0.3) is 17.0 Å². The molecule has 1 aromatic carbocycles. The number of para-hydroxylation sites is 1. The van der Waals surface area contributed by atoms with Gasteiger partial charge in [-0.25, -0.2) is 4.98 Å². The summed E-state index contributed by atoms with van der Waals surface area (Å²) in [6, 6.07) is 9.60. The minimum absolute atomic E-state index is 0.190. The van der Waals surface area contributed by atoms with Crippen molar-refractivity contribution in [3.8, 4) is 0 Å². The number of benzene rings is 1. The SMILES string of the molecule is Cc1c(CN(C)C(=O)/C=C/c2cnc3c(c2)CCC(=O)N3CO[P+](=O)O)oc2ccccc12. The van der Waals surface area contributed by atoms with E-state index in [9.17, 15) is 14.2 Å². The molecule has 1 aliphatic rings. The standard InChI is InChI=1S/C23H22N3O6P/c1-15-18-5-3-4-6-19(18)32-20(15)13-25(2)21(27)9-7-16-11-17-8-10-22(28)26(14-31-33(29)30)23(17)24-12-16/h3-7,9,11-12H,8,10,13-14H2,1-2H3/p+1/b9-7+. The van der Waals surface area contributed by atoms with Crippen LogP contribution in [0.5, 0.6) is 0 Å². The van der Waals surface area contributed by atoms with E-state index in [-0.39, 0.29) is 25.0 Å². The molecule has 3 heterocycles. The van der Waals surface area contributed by atoms with Gasteiger partial charge in [-0.15, -0.1) is 4.89 Å². The Morgan fingerprint density at radius 1 is 1.36 bits per heavy atom. The van der Waals surface area contributed by atoms with Crippen LogP contribution in [0.1, 0.15) is 28.9 Å². The predicted molar refractivity (Wildman–Crippen MR) is 122 cm³/mol. The van der Waals surface area contributed by atoms with Crippen LogP contribution < -0.4 is 4.90 Å². The van der Waals surface area contributed by atoms with E-state index in [0.29, 0.717) is 24.3 Å². The van der Waals surface area contributed by atoms with Crippen molar-refractivity contribution in [2.75, 3.05) is 18.7 Å². The molecule has 0 fully saturated rings. The highest BCUT2D eigenvalue weighted by molar-refractivity contribution is 7.32. The third kappa shape index (κ3) is 5.01. The molecule has 0 spiro atoms. The Kier molecular flexibility index (Phi) is 6.65. The van der Waals surface area contributed by atoms with Gasteiger partial charge in [-0.2, -0.15) is 0 Å². The van der Waals surface area contributed by atoms with E-state index in [0.717, 1.165) is 27.9 Å². The van der Waals surface area contributed by atoms with Crippen LogP contribution in [0.2, 0.25) is 0 Å². The minimum Gasteiger partial charge on any atom is -0.459 e. The number of rotatable bonds is 7. The number of aromatic nitrogens is 1. The fraction of sp³-hybridized carbons (Fsp3) is 0.261. The molecule has 33 heavy (non-hydrogen) atoms. The molecule has 2 amide bonds. The highest BCUT2D eigenvalue weighted by Gasteiger charge is 2.28. The number of fused-ring (bicyclic) bond motifs is 2. The molecule has 1 aliphatic heterocycles. The largest absolute Gasteiger partial charge is 0.696 e. The summed E-state index contributed by atoms with van der Waals surface area (Å²) in [4.78, 5) is 40.7. The number of hydrogen-bond acceptors (Lipinski definition) is 6. The first-order valence-corrected chi connectivity index (χ1v) is 11.4. The molecule has 2 aromatic heterocycles. The second kappa shape index (κ2) is 9.62. The van der Waals surface area contributed by atoms with Crippen molar-refractivity contribution in [2.24, 2.45) is 0 Å². The maximum absolute atomic E-state index is 12.6. The summed E-state index contributed by atoms with van der Waals surface area (Å²) in [6.07, 6.45) is 5.40. The maximum Gasteiger partial charge on any atom is 0.696 e. The summed E-state index contributed by atoms with van der Waals surface area (Å²) in [7, 11) is -1.11. The van der Waals surface area contributed by atoms with Crippen molar-refractivity contribution >= 4 is 42.9 Å². The summed E-state index contributed by atoms with van der Waals surface area (Å²) in [6.45, 7) is 1.98. The van der Waals surface area contributed by atoms with Crippen LogP contribution in [0, 0.1) is 6.92 Å².